The van der Waals surface area contributed by atoms with Crippen molar-refractivity contribution in [2.45, 2.75) is 26.4 Å². The molecule has 1 atom stereocenters. The standard InChI is InChI=1S/C14H22N2O3/c1-10-4-3-5-11(2)14(10)19-9-12(17)8-16-7-6-13(15)18/h3-5,12,16-17H,6-9H2,1-2H3,(H2,15,18). The summed E-state index contributed by atoms with van der Waals surface area (Å²) in [6.07, 6.45) is -0.350. The van der Waals surface area contributed by atoms with Gasteiger partial charge in [-0.1, -0.05) is 18.2 Å². The van der Waals surface area contributed by atoms with Crippen LogP contribution in [0.1, 0.15) is 17.5 Å². The minimum atomic E-state index is -0.619. The quantitative estimate of drug-likeness (QED) is 0.598. The second-order valence-electron chi connectivity index (χ2n) is 4.61. The van der Waals surface area contributed by atoms with E-state index in [1.807, 2.05) is 32.0 Å². The van der Waals surface area contributed by atoms with E-state index < -0.39 is 6.10 Å². The van der Waals surface area contributed by atoms with Crippen LogP contribution in [0.4, 0.5) is 0 Å². The minimum absolute atomic E-state index is 0.218. The van der Waals surface area contributed by atoms with E-state index in [1.165, 1.54) is 0 Å². The molecule has 1 amide bonds. The number of aliphatic hydroxyl groups excluding tert-OH is 1. The summed E-state index contributed by atoms with van der Waals surface area (Å²) in [4.78, 5) is 10.5. The van der Waals surface area contributed by atoms with Crippen LogP contribution in [0.5, 0.6) is 5.75 Å². The lowest BCUT2D eigenvalue weighted by atomic mass is 10.1. The molecule has 106 valence electrons. The molecule has 0 fully saturated rings. The van der Waals surface area contributed by atoms with E-state index in [0.717, 1.165) is 16.9 Å². The van der Waals surface area contributed by atoms with Crippen LogP contribution in [0.2, 0.25) is 0 Å². The molecule has 0 aromatic heterocycles. The van der Waals surface area contributed by atoms with Crippen LogP contribution in [-0.4, -0.2) is 36.8 Å². The summed E-state index contributed by atoms with van der Waals surface area (Å²) in [6.45, 7) is 5.00. The van der Waals surface area contributed by atoms with Crippen LogP contribution in [0.3, 0.4) is 0 Å². The fourth-order valence-electron chi connectivity index (χ4n) is 1.75. The van der Waals surface area contributed by atoms with Crippen molar-refractivity contribution >= 4 is 5.91 Å². The summed E-state index contributed by atoms with van der Waals surface area (Å²) >= 11 is 0. The zero-order valence-electron chi connectivity index (χ0n) is 11.5. The van der Waals surface area contributed by atoms with Gasteiger partial charge in [-0.15, -0.1) is 0 Å². The Labute approximate surface area is 113 Å². The van der Waals surface area contributed by atoms with Gasteiger partial charge in [0.15, 0.2) is 0 Å². The molecule has 0 radical (unpaired) electrons. The number of hydrogen-bond acceptors (Lipinski definition) is 4. The highest BCUT2D eigenvalue weighted by atomic mass is 16.5. The summed E-state index contributed by atoms with van der Waals surface area (Å²) < 4.78 is 5.63. The summed E-state index contributed by atoms with van der Waals surface area (Å²) in [7, 11) is 0. The first-order valence-corrected chi connectivity index (χ1v) is 6.36. The fraction of sp³-hybridized carbons (Fsp3) is 0.500. The van der Waals surface area contributed by atoms with Gasteiger partial charge < -0.3 is 20.9 Å². The Hall–Kier alpha value is -1.59. The molecule has 0 saturated heterocycles. The first-order chi connectivity index (χ1) is 9.00. The molecule has 0 aliphatic rings. The molecule has 0 bridgehead atoms. The molecule has 1 aromatic carbocycles. The van der Waals surface area contributed by atoms with Gasteiger partial charge in [-0.25, -0.2) is 0 Å². The monoisotopic (exact) mass is 266 g/mol. The Morgan fingerprint density at radius 1 is 1.42 bits per heavy atom. The highest BCUT2D eigenvalue weighted by Crippen LogP contribution is 2.22. The molecule has 0 heterocycles. The van der Waals surface area contributed by atoms with Gasteiger partial charge in [0.25, 0.3) is 0 Å². The second-order valence-corrected chi connectivity index (χ2v) is 4.61. The average molecular weight is 266 g/mol. The number of nitrogens with two attached hydrogens (primary N) is 1. The van der Waals surface area contributed by atoms with Crippen molar-refractivity contribution in [1.29, 1.82) is 0 Å². The van der Waals surface area contributed by atoms with Crippen LogP contribution in [-0.2, 0) is 4.79 Å². The van der Waals surface area contributed by atoms with Gasteiger partial charge in [0, 0.05) is 19.5 Å². The molecule has 5 heteroatoms. The molecule has 1 unspecified atom stereocenters. The van der Waals surface area contributed by atoms with E-state index >= 15 is 0 Å². The molecular weight excluding hydrogens is 244 g/mol. The topological polar surface area (TPSA) is 84.6 Å². The largest absolute Gasteiger partial charge is 0.490 e. The normalized spacial score (nSPS) is 12.2. The first kappa shape index (κ1) is 15.5. The maximum absolute atomic E-state index is 10.5. The number of para-hydroxylation sites is 1. The molecule has 1 aromatic rings. The van der Waals surface area contributed by atoms with Gasteiger partial charge in [-0.05, 0) is 25.0 Å². The summed E-state index contributed by atoms with van der Waals surface area (Å²) in [5.74, 6) is 0.465. The molecule has 0 saturated carbocycles. The van der Waals surface area contributed by atoms with Crippen LogP contribution < -0.4 is 15.8 Å². The Bertz CT molecular complexity index is 401. The summed E-state index contributed by atoms with van der Waals surface area (Å²) in [6, 6.07) is 5.92. The minimum Gasteiger partial charge on any atom is -0.490 e. The van der Waals surface area contributed by atoms with E-state index in [4.69, 9.17) is 10.5 Å². The van der Waals surface area contributed by atoms with Gasteiger partial charge >= 0.3 is 0 Å². The van der Waals surface area contributed by atoms with Crippen molar-refractivity contribution in [3.8, 4) is 5.75 Å². The molecule has 4 N–H and O–H groups in total. The molecule has 0 aliphatic heterocycles. The SMILES string of the molecule is Cc1cccc(C)c1OCC(O)CNCCC(N)=O. The smallest absolute Gasteiger partial charge is 0.218 e. The number of benzene rings is 1. The van der Waals surface area contributed by atoms with Crippen molar-refractivity contribution in [1.82, 2.24) is 5.32 Å². The molecule has 0 aliphatic carbocycles. The number of amides is 1. The molecule has 0 spiro atoms. The lowest BCUT2D eigenvalue weighted by molar-refractivity contribution is -0.117. The summed E-state index contributed by atoms with van der Waals surface area (Å²) in [5, 5.41) is 12.7. The lowest BCUT2D eigenvalue weighted by Crippen LogP contribution is -2.33. The summed E-state index contributed by atoms with van der Waals surface area (Å²) in [5.41, 5.74) is 7.11. The predicted octanol–water partition coefficient (Wildman–Crippen LogP) is 0.508. The van der Waals surface area contributed by atoms with Crippen molar-refractivity contribution in [3.63, 3.8) is 0 Å². The maximum Gasteiger partial charge on any atom is 0.218 e. The zero-order chi connectivity index (χ0) is 14.3. The number of hydrogen-bond donors (Lipinski definition) is 3. The third-order valence-corrected chi connectivity index (χ3v) is 2.76. The number of aliphatic hydroxyl groups is 1. The highest BCUT2D eigenvalue weighted by molar-refractivity contribution is 5.73. The van der Waals surface area contributed by atoms with E-state index in [9.17, 15) is 9.90 Å². The van der Waals surface area contributed by atoms with Crippen molar-refractivity contribution < 1.29 is 14.6 Å². The van der Waals surface area contributed by atoms with Crippen molar-refractivity contribution in [2.75, 3.05) is 19.7 Å². The predicted molar refractivity (Wildman–Crippen MR) is 74.1 cm³/mol. The Morgan fingerprint density at radius 3 is 2.63 bits per heavy atom. The Kier molecular flexibility index (Phi) is 6.32. The maximum atomic E-state index is 10.5. The second kappa shape index (κ2) is 7.76. The molecular formula is C14H22N2O3. The van der Waals surface area contributed by atoms with Crippen LogP contribution in [0.15, 0.2) is 18.2 Å². The Balaban J connectivity index is 2.30. The highest BCUT2D eigenvalue weighted by Gasteiger charge is 2.08. The van der Waals surface area contributed by atoms with Gasteiger partial charge in [0.2, 0.25) is 5.91 Å². The van der Waals surface area contributed by atoms with Crippen molar-refractivity contribution in [2.24, 2.45) is 5.73 Å². The van der Waals surface area contributed by atoms with Crippen molar-refractivity contribution in [3.05, 3.63) is 29.3 Å². The average Bonchev–Trinajstić information content (AvgIpc) is 2.34. The number of aryl methyl sites for hydroxylation is 2. The number of primary amides is 1. The number of ether oxygens (including phenoxy) is 1. The van der Waals surface area contributed by atoms with Crippen LogP contribution in [0, 0.1) is 13.8 Å². The van der Waals surface area contributed by atoms with E-state index in [-0.39, 0.29) is 18.9 Å². The number of carbonyl (C=O) groups excluding carboxylic acids is 1. The molecule has 5 nitrogen and oxygen atoms in total. The van der Waals surface area contributed by atoms with Crippen LogP contribution in [0.25, 0.3) is 0 Å². The third kappa shape index (κ3) is 5.72. The van der Waals surface area contributed by atoms with Crippen LogP contribution >= 0.6 is 0 Å². The molecule has 19 heavy (non-hydrogen) atoms. The van der Waals surface area contributed by atoms with E-state index in [1.54, 1.807) is 0 Å². The van der Waals surface area contributed by atoms with E-state index in [2.05, 4.69) is 5.32 Å². The number of carbonyl (C=O) groups is 1. The number of rotatable bonds is 8. The van der Waals surface area contributed by atoms with E-state index in [0.29, 0.717) is 13.1 Å². The van der Waals surface area contributed by atoms with Gasteiger partial charge in [-0.3, -0.25) is 4.79 Å². The third-order valence-electron chi connectivity index (χ3n) is 2.76. The van der Waals surface area contributed by atoms with Gasteiger partial charge in [0.05, 0.1) is 0 Å². The molecule has 1 rings (SSSR count). The first-order valence-electron chi connectivity index (χ1n) is 6.36. The zero-order valence-corrected chi connectivity index (χ0v) is 11.5. The number of nitrogens with one attached hydrogen (secondary N) is 1. The van der Waals surface area contributed by atoms with Gasteiger partial charge in [-0.2, -0.15) is 0 Å². The Morgan fingerprint density at radius 2 is 2.05 bits per heavy atom. The van der Waals surface area contributed by atoms with Gasteiger partial charge in [0.1, 0.15) is 18.5 Å². The lowest BCUT2D eigenvalue weighted by Gasteiger charge is -2.16. The fourth-order valence-corrected chi connectivity index (χ4v) is 1.75.